The number of thiazole rings is 2. The number of fused-ring (bicyclic) bond motifs is 11. The highest BCUT2D eigenvalue weighted by atomic mass is 32.1. The standard InChI is InChI=1S/C14H18N2.C14H17NO.2C12H14FNO.C12H15NO.C11H12FNO2.C11H13NO2.C11H13NOS.C11H13NS.C10H12N2S/c1-14(2,3)12-6-5-10-9-16-13(15-4)8-11(10)7-12;1-13(2,3)9-4-5-11-10(8-9)14(6-7-14)12(16)15-11;1-12(2,3)8-4-7-5-11(15)14-10(7)6-9(8)13;1-12(2,3)8-4-7-5-10(15)14-11(7)9(13)6-8;1-12(2,3)9-4-5-10-8(6-9)7-11(14)13-10;1-11(2,3)6-4-9-8(5-7(6)12)13-10(14)15-9;2*1-11(2,3)7-4-5-8-9(6-7)14-10(13)12-8;1-11(2,3)10-6-8-4-5-12-7-9(8)13-10;1-10(2,3)9-12-7-4-5-11-6-8(7)13-9/h5-9H,1-4H3,(H,15,16);4-5,8H,6-7H2,1-3H3,(H,15,16);2*4,6H,5H2,1-3H3,(H,14,15);4-6H,7H2,1-3H3,(H,13,14);4-5H,1-3H3,(H,13,14);2*4-6H,1-3H3,(H,12,13);4-7H,1-3H3;4-6H,1-3H3. The Labute approximate surface area is 860 Å². The molecule has 0 saturated heterocycles. The van der Waals surface area contributed by atoms with Gasteiger partial charge < -0.3 is 40.4 Å². The number of amides is 4. The number of pyridine rings is 3. The molecule has 0 atom stereocenters. The first-order chi connectivity index (χ1) is 67.1. The second-order valence-corrected chi connectivity index (χ2v) is 51.0. The molecule has 1 fully saturated rings. The predicted molar refractivity (Wildman–Crippen MR) is 594 cm³/mol. The second-order valence-electron chi connectivity index (χ2n) is 47.9. The number of halogens is 3. The topological polar surface area (TPSA) is 305 Å². The van der Waals surface area contributed by atoms with E-state index in [1.165, 1.54) is 92.8 Å². The Balaban J connectivity index is 0.000000144. The first-order valence-electron chi connectivity index (χ1n) is 49.0. The molecule has 766 valence electrons. The van der Waals surface area contributed by atoms with Crippen molar-refractivity contribution in [2.24, 2.45) is 0 Å². The number of rotatable bonds is 1. The van der Waals surface area contributed by atoms with Crippen molar-refractivity contribution in [2.75, 3.05) is 33.6 Å². The molecule has 0 radical (unpaired) electrons. The van der Waals surface area contributed by atoms with E-state index in [0.29, 0.717) is 52.0 Å². The first-order valence-corrected chi connectivity index (χ1v) is 51.4. The molecule has 4 aliphatic heterocycles. The van der Waals surface area contributed by atoms with Crippen LogP contribution in [0.5, 0.6) is 0 Å². The van der Waals surface area contributed by atoms with Gasteiger partial charge in [0.05, 0.1) is 71.5 Å². The lowest BCUT2D eigenvalue weighted by Gasteiger charge is -2.20. The van der Waals surface area contributed by atoms with E-state index in [1.54, 1.807) is 29.7 Å². The molecule has 12 heterocycles. The molecule has 16 aromatic rings. The average Bonchev–Trinajstić information content (AvgIpc) is 1.55. The van der Waals surface area contributed by atoms with Gasteiger partial charge in [0.2, 0.25) is 23.6 Å². The van der Waals surface area contributed by atoms with E-state index in [4.69, 9.17) is 8.83 Å². The van der Waals surface area contributed by atoms with Crippen LogP contribution in [0.25, 0.3) is 63.5 Å². The Morgan fingerprint density at radius 3 is 1.41 bits per heavy atom. The molecule has 1 spiro atoms. The Morgan fingerprint density at radius 2 is 0.848 bits per heavy atom. The number of hydrogen-bond acceptors (Lipinski definition) is 17. The Morgan fingerprint density at radius 1 is 0.359 bits per heavy atom. The third kappa shape index (κ3) is 28.2. The summed E-state index contributed by atoms with van der Waals surface area (Å²) in [7, 11) is 1.89. The molecule has 21 rings (SSSR count). The van der Waals surface area contributed by atoms with Crippen molar-refractivity contribution in [2.45, 2.75) is 299 Å². The van der Waals surface area contributed by atoms with Crippen LogP contribution >= 0.6 is 34.0 Å². The van der Waals surface area contributed by atoms with Crippen molar-refractivity contribution >= 4 is 150 Å². The summed E-state index contributed by atoms with van der Waals surface area (Å²) in [6.07, 6.45) is 12.6. The number of anilines is 5. The van der Waals surface area contributed by atoms with Crippen molar-refractivity contribution in [3.05, 3.63) is 308 Å². The van der Waals surface area contributed by atoms with Gasteiger partial charge in [0.15, 0.2) is 11.2 Å². The number of thiophene rings is 1. The van der Waals surface area contributed by atoms with Gasteiger partial charge in [-0.25, -0.2) is 32.7 Å². The molecule has 1 saturated carbocycles. The summed E-state index contributed by atoms with van der Waals surface area (Å²) >= 11 is 4.84. The molecular weight excluding hydrogens is 1880 g/mol. The number of H-pyrrole nitrogens is 3. The van der Waals surface area contributed by atoms with E-state index in [1.807, 2.05) is 148 Å². The van der Waals surface area contributed by atoms with Gasteiger partial charge in [0, 0.05) is 76.8 Å². The molecule has 0 bridgehead atoms. The average molecular weight is 2020 g/mol. The van der Waals surface area contributed by atoms with E-state index in [2.05, 4.69) is 286 Å². The van der Waals surface area contributed by atoms with E-state index >= 15 is 0 Å². The molecular formula is C118H141F3N12O9S3. The van der Waals surface area contributed by atoms with Crippen molar-refractivity contribution in [3.63, 3.8) is 0 Å². The zero-order valence-electron chi connectivity index (χ0n) is 89.7. The number of aromatic nitrogens is 7. The van der Waals surface area contributed by atoms with Crippen LogP contribution in [0.2, 0.25) is 0 Å². The van der Waals surface area contributed by atoms with Crippen molar-refractivity contribution in [1.82, 2.24) is 34.9 Å². The summed E-state index contributed by atoms with van der Waals surface area (Å²) in [6.45, 7) is 63.7. The molecule has 145 heavy (non-hydrogen) atoms. The van der Waals surface area contributed by atoms with Gasteiger partial charge in [0.1, 0.15) is 23.3 Å². The van der Waals surface area contributed by atoms with Crippen molar-refractivity contribution in [1.29, 1.82) is 0 Å². The molecule has 5 aliphatic rings. The lowest BCUT2D eigenvalue weighted by molar-refractivity contribution is -0.118. The van der Waals surface area contributed by atoms with Crippen LogP contribution in [0.3, 0.4) is 0 Å². The Bertz CT molecular complexity index is 7430. The number of benzene rings is 8. The summed E-state index contributed by atoms with van der Waals surface area (Å²) in [5, 5.41) is 19.0. The molecule has 0 unspecified atom stereocenters. The van der Waals surface area contributed by atoms with Crippen LogP contribution in [0, 0.1) is 17.5 Å². The van der Waals surface area contributed by atoms with E-state index in [9.17, 15) is 46.7 Å². The number of nitrogens with zero attached hydrogens (tertiary/aromatic N) is 4. The lowest BCUT2D eigenvalue weighted by Crippen LogP contribution is -2.18. The van der Waals surface area contributed by atoms with Crippen LogP contribution in [-0.2, 0) is 98.0 Å². The van der Waals surface area contributed by atoms with Crippen molar-refractivity contribution < 1.29 is 41.2 Å². The van der Waals surface area contributed by atoms with Crippen molar-refractivity contribution in [3.8, 4) is 0 Å². The number of carbonyl (C=O) groups excluding carboxylic acids is 4. The number of hydrogen-bond donors (Lipinski definition) is 8. The van der Waals surface area contributed by atoms with E-state index in [0.717, 1.165) is 79.1 Å². The lowest BCUT2D eigenvalue weighted by atomic mass is 9.84. The van der Waals surface area contributed by atoms with Gasteiger partial charge in [-0.3, -0.25) is 43.9 Å². The van der Waals surface area contributed by atoms with E-state index < -0.39 is 11.5 Å². The Hall–Kier alpha value is -13.0. The first kappa shape index (κ1) is 111. The summed E-state index contributed by atoms with van der Waals surface area (Å²) in [6, 6.07) is 49.0. The summed E-state index contributed by atoms with van der Waals surface area (Å²) in [5.41, 5.74) is 20.0. The molecule has 8 aromatic carbocycles. The van der Waals surface area contributed by atoms with Gasteiger partial charge in [-0.05, 0) is 224 Å². The van der Waals surface area contributed by atoms with Crippen LogP contribution in [0.1, 0.15) is 297 Å². The highest BCUT2D eigenvalue weighted by Gasteiger charge is 2.56. The number of aromatic amines is 3. The molecule has 8 aromatic heterocycles. The van der Waals surface area contributed by atoms with Gasteiger partial charge in [0.25, 0.3) is 0 Å². The van der Waals surface area contributed by atoms with Crippen LogP contribution in [0.4, 0.5) is 41.7 Å². The van der Waals surface area contributed by atoms with Crippen LogP contribution < -0.4 is 43.0 Å². The van der Waals surface area contributed by atoms with Gasteiger partial charge >= 0.3 is 16.4 Å². The monoisotopic (exact) mass is 2020 g/mol. The minimum absolute atomic E-state index is 0.0195. The zero-order chi connectivity index (χ0) is 107. The van der Waals surface area contributed by atoms with Gasteiger partial charge in [-0.1, -0.05) is 280 Å². The minimum Gasteiger partial charge on any atom is -0.408 e. The highest BCUT2D eigenvalue weighted by molar-refractivity contribution is 7.19. The fourth-order valence-corrected chi connectivity index (χ4v) is 19.1. The quantitative estimate of drug-likeness (QED) is 0.0758. The third-order valence-electron chi connectivity index (χ3n) is 25.3. The zero-order valence-corrected chi connectivity index (χ0v) is 92.1. The number of oxazole rings is 2. The third-order valence-corrected chi connectivity index (χ3v) is 29.1. The smallest absolute Gasteiger partial charge is 0.408 e. The highest BCUT2D eigenvalue weighted by Crippen LogP contribution is 2.56. The molecule has 4 amide bonds. The SMILES string of the molecule is CC(C)(C)c1cc(F)c2c(c1)CC(=O)N2.CC(C)(C)c1cc2c(cc1F)NC(=O)C2.CC(C)(C)c1cc2ccncc2s1.CC(C)(C)c1cc2oc(=O)[nH]c2cc1F.CC(C)(C)c1ccc2[nH]c(=O)oc2c1.CC(C)(C)c1ccc2[nH]c(=O)sc2c1.CC(C)(C)c1ccc2c(c1)C1(CC1)C(=O)N2.CC(C)(C)c1ccc2c(c1)CC(=O)N2.CC(C)(C)c1nc2ccncc2s1.CNc1cc2cc(C(C)(C)C)ccc2cn1. The molecule has 27 heteroatoms. The van der Waals surface area contributed by atoms with Crippen LogP contribution in [0.15, 0.2) is 206 Å². The fraction of sp³-hybridized carbons (Fsp3) is 0.398. The van der Waals surface area contributed by atoms with Crippen LogP contribution in [-0.4, -0.2) is 65.6 Å². The maximum Gasteiger partial charge on any atom is 0.417 e. The minimum atomic E-state index is -0.560. The summed E-state index contributed by atoms with van der Waals surface area (Å²) in [4.78, 5) is 105. The van der Waals surface area contributed by atoms with E-state index in [-0.39, 0.29) is 112 Å². The summed E-state index contributed by atoms with van der Waals surface area (Å²) in [5.74, 6) is -0.830. The second kappa shape index (κ2) is 42.6. The number of nitrogens with one attached hydrogen (secondary N) is 8. The molecule has 8 N–H and O–H groups in total. The maximum atomic E-state index is 13.7. The van der Waals surface area contributed by atoms with Gasteiger partial charge in [-0.2, -0.15) is 0 Å². The fourth-order valence-electron chi connectivity index (χ4n) is 16.2. The number of carbonyl (C=O) groups is 4. The Kier molecular flexibility index (Phi) is 32.6. The predicted octanol–water partition coefficient (Wildman–Crippen LogP) is 28.7. The molecule has 21 nitrogen and oxygen atoms in total. The maximum absolute atomic E-state index is 13.7. The summed E-state index contributed by atoms with van der Waals surface area (Å²) < 4.78 is 54.4. The van der Waals surface area contributed by atoms with Gasteiger partial charge in [-0.15, -0.1) is 22.7 Å². The molecule has 1 aliphatic carbocycles. The largest absolute Gasteiger partial charge is 0.417 e. The normalized spacial score (nSPS) is 14.0.